The summed E-state index contributed by atoms with van der Waals surface area (Å²) in [5, 5.41) is 10.4. The van der Waals surface area contributed by atoms with E-state index in [0.717, 1.165) is 37.8 Å². The summed E-state index contributed by atoms with van der Waals surface area (Å²) in [6.45, 7) is 2.00. The molecular formula is C25H18BrN3O2S. The molecule has 158 valence electrons. The van der Waals surface area contributed by atoms with Gasteiger partial charge in [-0.15, -0.1) is 10.2 Å². The highest BCUT2D eigenvalue weighted by Gasteiger charge is 2.30. The second kappa shape index (κ2) is 8.76. The van der Waals surface area contributed by atoms with E-state index < -0.39 is 0 Å². The van der Waals surface area contributed by atoms with Gasteiger partial charge in [-0.25, -0.2) is 0 Å². The fraction of sp³-hybridized carbons (Fsp3) is 0.0800. The number of hydrogen-bond acceptors (Lipinski definition) is 5. The predicted octanol–water partition coefficient (Wildman–Crippen LogP) is 6.12. The van der Waals surface area contributed by atoms with Gasteiger partial charge >= 0.3 is 0 Å². The maximum Gasteiger partial charge on any atom is 0.246 e. The number of fused-ring (bicyclic) bond motifs is 1. The number of thioether (sulfide) groups is 1. The number of para-hydroxylation sites is 1. The molecule has 5 rings (SSSR count). The molecule has 2 heterocycles. The lowest BCUT2D eigenvalue weighted by Crippen LogP contribution is -2.29. The van der Waals surface area contributed by atoms with Crippen LogP contribution in [-0.4, -0.2) is 16.8 Å². The maximum atomic E-state index is 12.6. The van der Waals surface area contributed by atoms with Crippen LogP contribution in [0.15, 0.2) is 98.0 Å². The molecule has 0 atom stereocenters. The summed E-state index contributed by atoms with van der Waals surface area (Å²) < 4.78 is 7.12. The van der Waals surface area contributed by atoms with Crippen molar-refractivity contribution < 1.29 is 9.21 Å². The third-order valence-electron chi connectivity index (χ3n) is 5.06. The summed E-state index contributed by atoms with van der Waals surface area (Å²) in [6, 6.07) is 25.6. The minimum Gasteiger partial charge on any atom is -0.436 e. The molecular weight excluding hydrogens is 486 g/mol. The average Bonchev–Trinajstić information content (AvgIpc) is 3.18. The van der Waals surface area contributed by atoms with Crippen molar-refractivity contribution in [2.45, 2.75) is 6.92 Å². The van der Waals surface area contributed by atoms with E-state index in [0.29, 0.717) is 16.5 Å². The zero-order valence-electron chi connectivity index (χ0n) is 17.2. The molecule has 0 N–H and O–H groups in total. The minimum atomic E-state index is -0.0156. The smallest absolute Gasteiger partial charge is 0.246 e. The van der Waals surface area contributed by atoms with Crippen LogP contribution in [0.1, 0.15) is 5.56 Å². The van der Waals surface area contributed by atoms with Gasteiger partial charge in [0.1, 0.15) is 5.58 Å². The number of aryl methyl sites for hydroxylation is 1. The highest BCUT2D eigenvalue weighted by atomic mass is 79.9. The average molecular weight is 504 g/mol. The molecule has 1 saturated heterocycles. The molecule has 1 amide bonds. The van der Waals surface area contributed by atoms with Crippen molar-refractivity contribution in [3.8, 4) is 11.1 Å². The van der Waals surface area contributed by atoms with Crippen LogP contribution in [0, 0.1) is 6.92 Å². The first-order valence-corrected chi connectivity index (χ1v) is 11.8. The molecule has 0 spiro atoms. The van der Waals surface area contributed by atoms with Gasteiger partial charge in [0.25, 0.3) is 0 Å². The molecule has 1 aliphatic heterocycles. The summed E-state index contributed by atoms with van der Waals surface area (Å²) >= 11 is 4.85. The van der Waals surface area contributed by atoms with Crippen LogP contribution >= 0.6 is 27.7 Å². The van der Waals surface area contributed by atoms with E-state index in [4.69, 9.17) is 4.42 Å². The Bertz CT molecular complexity index is 1430. The fourth-order valence-electron chi connectivity index (χ4n) is 3.52. The van der Waals surface area contributed by atoms with E-state index in [-0.39, 0.29) is 5.91 Å². The monoisotopic (exact) mass is 503 g/mol. The van der Waals surface area contributed by atoms with Crippen molar-refractivity contribution in [2.24, 2.45) is 10.2 Å². The van der Waals surface area contributed by atoms with Crippen molar-refractivity contribution >= 4 is 55.4 Å². The van der Waals surface area contributed by atoms with Crippen LogP contribution in [0.2, 0.25) is 0 Å². The predicted molar refractivity (Wildman–Crippen MR) is 133 cm³/mol. The van der Waals surface area contributed by atoms with Crippen molar-refractivity contribution in [2.75, 3.05) is 10.7 Å². The van der Waals surface area contributed by atoms with Crippen molar-refractivity contribution in [3.63, 3.8) is 0 Å². The standard InChI is InChI=1S/C25H18BrN3O2S/c1-16-5-4-7-20(13-16)29-23(30)15-32-25(29)28-27-24-21(17-9-11-19(26)12-10-17)14-18-6-2-3-8-22(18)31-24/h2-14H,15H2,1H3/b27-24+,28-25+. The van der Waals surface area contributed by atoms with Crippen LogP contribution in [0.5, 0.6) is 0 Å². The van der Waals surface area contributed by atoms with Gasteiger partial charge in [0, 0.05) is 15.4 Å². The summed E-state index contributed by atoms with van der Waals surface area (Å²) in [4.78, 5) is 14.2. The first-order chi connectivity index (χ1) is 15.6. The normalized spacial score (nSPS) is 15.8. The van der Waals surface area contributed by atoms with E-state index >= 15 is 0 Å². The van der Waals surface area contributed by atoms with Gasteiger partial charge in [0.2, 0.25) is 11.5 Å². The molecule has 0 radical (unpaired) electrons. The zero-order chi connectivity index (χ0) is 22.1. The fourth-order valence-corrected chi connectivity index (χ4v) is 4.61. The topological polar surface area (TPSA) is 58.2 Å². The Hall–Kier alpha value is -3.16. The number of benzene rings is 3. The highest BCUT2D eigenvalue weighted by molar-refractivity contribution is 9.10. The third kappa shape index (κ3) is 4.13. The van der Waals surface area contributed by atoms with Gasteiger partial charge in [-0.05, 0) is 54.4 Å². The van der Waals surface area contributed by atoms with Crippen LogP contribution in [0.3, 0.4) is 0 Å². The summed E-state index contributed by atoms with van der Waals surface area (Å²) in [6.07, 6.45) is 0. The summed E-state index contributed by atoms with van der Waals surface area (Å²) in [7, 11) is 0. The molecule has 1 aliphatic rings. The Labute approximate surface area is 197 Å². The largest absolute Gasteiger partial charge is 0.436 e. The number of amides is 1. The Morgan fingerprint density at radius 1 is 0.969 bits per heavy atom. The first-order valence-electron chi connectivity index (χ1n) is 10.0. The van der Waals surface area contributed by atoms with Crippen LogP contribution in [-0.2, 0) is 4.79 Å². The molecule has 32 heavy (non-hydrogen) atoms. The second-order valence-corrected chi connectivity index (χ2v) is 9.21. The van der Waals surface area contributed by atoms with Crippen molar-refractivity contribution in [1.29, 1.82) is 0 Å². The van der Waals surface area contributed by atoms with Gasteiger partial charge < -0.3 is 4.42 Å². The first kappa shape index (κ1) is 20.7. The third-order valence-corrected chi connectivity index (χ3v) is 6.51. The number of hydrogen-bond donors (Lipinski definition) is 0. The lowest BCUT2D eigenvalue weighted by Gasteiger charge is -2.15. The van der Waals surface area contributed by atoms with Crippen LogP contribution in [0.4, 0.5) is 5.69 Å². The number of halogens is 1. The minimum absolute atomic E-state index is 0.0156. The molecule has 0 aliphatic carbocycles. The molecule has 0 unspecified atom stereocenters. The molecule has 5 nitrogen and oxygen atoms in total. The van der Waals surface area contributed by atoms with Gasteiger partial charge in [-0.1, -0.05) is 70.2 Å². The number of nitrogens with zero attached hydrogens (tertiary/aromatic N) is 3. The number of rotatable bonds is 3. The molecule has 0 saturated carbocycles. The van der Waals surface area contributed by atoms with Gasteiger partial charge in [-0.2, -0.15) is 0 Å². The second-order valence-electron chi connectivity index (χ2n) is 7.35. The lowest BCUT2D eigenvalue weighted by molar-refractivity contribution is -0.115. The SMILES string of the molecule is Cc1cccc(N2C(=O)CS/C2=N/N=c2/oc3ccccc3cc2-c2ccc(Br)cc2)c1. The Balaban J connectivity index is 1.65. The van der Waals surface area contributed by atoms with Gasteiger partial charge in [0.15, 0.2) is 5.17 Å². The van der Waals surface area contributed by atoms with E-state index in [1.165, 1.54) is 11.8 Å². The van der Waals surface area contributed by atoms with E-state index in [1.54, 1.807) is 4.90 Å². The summed E-state index contributed by atoms with van der Waals surface area (Å²) in [5.74, 6) is 0.314. The maximum absolute atomic E-state index is 12.6. The van der Waals surface area contributed by atoms with Gasteiger partial charge in [0.05, 0.1) is 11.4 Å². The van der Waals surface area contributed by atoms with Crippen molar-refractivity contribution in [3.05, 3.63) is 94.5 Å². The number of anilines is 1. The molecule has 7 heteroatoms. The molecule has 1 fully saturated rings. The van der Waals surface area contributed by atoms with Crippen LogP contribution in [0.25, 0.3) is 22.1 Å². The summed E-state index contributed by atoms with van der Waals surface area (Å²) in [5.41, 5.74) is 4.77. The Morgan fingerprint density at radius 2 is 1.78 bits per heavy atom. The zero-order valence-corrected chi connectivity index (χ0v) is 19.6. The van der Waals surface area contributed by atoms with Gasteiger partial charge in [-0.3, -0.25) is 9.69 Å². The number of amidine groups is 1. The molecule has 4 aromatic rings. The van der Waals surface area contributed by atoms with E-state index in [9.17, 15) is 4.79 Å². The molecule has 0 bridgehead atoms. The molecule has 3 aromatic carbocycles. The van der Waals surface area contributed by atoms with E-state index in [2.05, 4.69) is 26.1 Å². The Kier molecular flexibility index (Phi) is 5.68. The quantitative estimate of drug-likeness (QED) is 0.316. The van der Waals surface area contributed by atoms with Crippen molar-refractivity contribution in [1.82, 2.24) is 0 Å². The lowest BCUT2D eigenvalue weighted by atomic mass is 10.1. The number of carbonyl (C=O) groups excluding carboxylic acids is 1. The molecule has 1 aromatic heterocycles. The highest BCUT2D eigenvalue weighted by Crippen LogP contribution is 2.28. The van der Waals surface area contributed by atoms with Crippen LogP contribution < -0.4 is 10.5 Å². The number of carbonyl (C=O) groups is 1. The Morgan fingerprint density at radius 3 is 2.59 bits per heavy atom. The van der Waals surface area contributed by atoms with E-state index in [1.807, 2.05) is 85.8 Å².